The Morgan fingerprint density at radius 2 is 2.26 bits per heavy atom. The van der Waals surface area contributed by atoms with Crippen molar-refractivity contribution in [2.24, 2.45) is 5.92 Å². The van der Waals surface area contributed by atoms with Crippen molar-refractivity contribution < 1.29 is 0 Å². The van der Waals surface area contributed by atoms with Crippen LogP contribution in [0.4, 0.5) is 5.69 Å². The van der Waals surface area contributed by atoms with Crippen LogP contribution in [0.5, 0.6) is 0 Å². The van der Waals surface area contributed by atoms with Gasteiger partial charge >= 0.3 is 0 Å². The third-order valence-corrected chi connectivity index (χ3v) is 3.96. The Hall–Kier alpha value is -1.53. The van der Waals surface area contributed by atoms with E-state index in [9.17, 15) is 5.26 Å². The molecule has 1 atom stereocenters. The van der Waals surface area contributed by atoms with Crippen molar-refractivity contribution in [3.8, 4) is 6.07 Å². The number of benzene rings is 1. The van der Waals surface area contributed by atoms with Crippen LogP contribution in [0, 0.1) is 17.2 Å². The summed E-state index contributed by atoms with van der Waals surface area (Å²) >= 11 is 0. The summed E-state index contributed by atoms with van der Waals surface area (Å²) in [6.45, 7) is 8.31. The molecule has 0 radical (unpaired) electrons. The third-order valence-electron chi connectivity index (χ3n) is 3.96. The lowest BCUT2D eigenvalue weighted by molar-refractivity contribution is 0.569. The highest BCUT2D eigenvalue weighted by molar-refractivity contribution is 5.61. The van der Waals surface area contributed by atoms with Gasteiger partial charge in [0.15, 0.2) is 0 Å². The van der Waals surface area contributed by atoms with Crippen molar-refractivity contribution in [2.45, 2.75) is 33.2 Å². The molecule has 102 valence electrons. The molecule has 1 N–H and O–H groups in total. The average Bonchev–Trinajstić information content (AvgIpc) is 2.93. The van der Waals surface area contributed by atoms with Gasteiger partial charge in [0.2, 0.25) is 0 Å². The zero-order valence-electron chi connectivity index (χ0n) is 11.9. The van der Waals surface area contributed by atoms with Gasteiger partial charge in [-0.3, -0.25) is 0 Å². The Balaban J connectivity index is 2.15. The minimum atomic E-state index is 0.785. The topological polar surface area (TPSA) is 39.1 Å². The quantitative estimate of drug-likeness (QED) is 0.881. The fourth-order valence-corrected chi connectivity index (χ4v) is 2.71. The van der Waals surface area contributed by atoms with Gasteiger partial charge in [-0.25, -0.2) is 0 Å². The molecule has 3 heteroatoms. The molecule has 1 heterocycles. The second-order valence-electron chi connectivity index (χ2n) is 5.25. The Morgan fingerprint density at radius 1 is 1.42 bits per heavy atom. The lowest BCUT2D eigenvalue weighted by atomic mass is 10.1. The lowest BCUT2D eigenvalue weighted by Gasteiger charge is -2.20. The molecule has 1 aliphatic rings. The van der Waals surface area contributed by atoms with Gasteiger partial charge in [-0.2, -0.15) is 5.26 Å². The van der Waals surface area contributed by atoms with E-state index in [1.54, 1.807) is 0 Å². The summed E-state index contributed by atoms with van der Waals surface area (Å²) in [6.07, 6.45) is 2.48. The minimum absolute atomic E-state index is 0.785. The predicted molar refractivity (Wildman–Crippen MR) is 79.1 cm³/mol. The number of anilines is 1. The zero-order chi connectivity index (χ0) is 13.7. The second-order valence-corrected chi connectivity index (χ2v) is 5.25. The Bertz CT molecular complexity index is 462. The molecule has 0 amide bonds. The molecule has 1 unspecified atom stereocenters. The monoisotopic (exact) mass is 257 g/mol. The van der Waals surface area contributed by atoms with Gasteiger partial charge in [-0.1, -0.05) is 26.3 Å². The zero-order valence-corrected chi connectivity index (χ0v) is 11.9. The van der Waals surface area contributed by atoms with Crippen LogP contribution in [0.1, 0.15) is 37.8 Å². The molecule has 3 nitrogen and oxygen atoms in total. The van der Waals surface area contributed by atoms with E-state index in [0.29, 0.717) is 0 Å². The SMILES string of the molecule is CCNCc1ccc(N2CCC(CC)C2)c(C#N)c1. The first-order chi connectivity index (χ1) is 9.28. The molecule has 1 aromatic rings. The van der Waals surface area contributed by atoms with Crippen LogP contribution in [0.3, 0.4) is 0 Å². The van der Waals surface area contributed by atoms with Gasteiger partial charge in [0.1, 0.15) is 6.07 Å². The summed E-state index contributed by atoms with van der Waals surface area (Å²) < 4.78 is 0. The highest BCUT2D eigenvalue weighted by atomic mass is 15.2. The van der Waals surface area contributed by atoms with Gasteiger partial charge in [-0.15, -0.1) is 0 Å². The lowest BCUT2D eigenvalue weighted by Crippen LogP contribution is -2.21. The maximum atomic E-state index is 9.35. The number of nitriles is 1. The van der Waals surface area contributed by atoms with Crippen LogP contribution >= 0.6 is 0 Å². The minimum Gasteiger partial charge on any atom is -0.370 e. The maximum Gasteiger partial charge on any atom is 0.101 e. The van der Waals surface area contributed by atoms with Crippen molar-refractivity contribution in [1.82, 2.24) is 5.32 Å². The summed E-state index contributed by atoms with van der Waals surface area (Å²) in [5, 5.41) is 12.7. The first-order valence-electron chi connectivity index (χ1n) is 7.27. The number of nitrogens with one attached hydrogen (secondary N) is 1. The van der Waals surface area contributed by atoms with Crippen LogP contribution in [0.15, 0.2) is 18.2 Å². The standard InChI is InChI=1S/C16H23N3/c1-3-13-7-8-19(12-13)16-6-5-14(11-18-4-2)9-15(16)10-17/h5-6,9,13,18H,3-4,7-8,11-12H2,1-2H3. The van der Waals surface area contributed by atoms with Gasteiger partial charge < -0.3 is 10.2 Å². The summed E-state index contributed by atoms with van der Waals surface area (Å²) in [5.41, 5.74) is 3.11. The largest absolute Gasteiger partial charge is 0.370 e. The predicted octanol–water partition coefficient (Wildman–Crippen LogP) is 2.90. The van der Waals surface area contributed by atoms with E-state index >= 15 is 0 Å². The first kappa shape index (κ1) is 13.9. The number of nitrogens with zero attached hydrogens (tertiary/aromatic N) is 2. The highest BCUT2D eigenvalue weighted by Crippen LogP contribution is 2.28. The Morgan fingerprint density at radius 3 is 2.89 bits per heavy atom. The molecule has 1 aliphatic heterocycles. The summed E-state index contributed by atoms with van der Waals surface area (Å²) in [5.74, 6) is 0.785. The molecular formula is C16H23N3. The first-order valence-corrected chi connectivity index (χ1v) is 7.27. The van der Waals surface area contributed by atoms with E-state index in [1.807, 2.05) is 6.07 Å². The van der Waals surface area contributed by atoms with E-state index in [0.717, 1.165) is 43.3 Å². The smallest absolute Gasteiger partial charge is 0.101 e. The maximum absolute atomic E-state index is 9.35. The Kier molecular flexibility index (Phi) is 4.81. The average molecular weight is 257 g/mol. The highest BCUT2D eigenvalue weighted by Gasteiger charge is 2.22. The van der Waals surface area contributed by atoms with Crippen LogP contribution in [-0.4, -0.2) is 19.6 Å². The summed E-state index contributed by atoms with van der Waals surface area (Å²) in [6, 6.07) is 8.63. The summed E-state index contributed by atoms with van der Waals surface area (Å²) in [4.78, 5) is 2.36. The van der Waals surface area contributed by atoms with Crippen molar-refractivity contribution in [2.75, 3.05) is 24.5 Å². The van der Waals surface area contributed by atoms with Gasteiger partial charge in [0.25, 0.3) is 0 Å². The van der Waals surface area contributed by atoms with Crippen LogP contribution in [0.25, 0.3) is 0 Å². The molecule has 1 saturated heterocycles. The summed E-state index contributed by atoms with van der Waals surface area (Å²) in [7, 11) is 0. The molecule has 0 spiro atoms. The van der Waals surface area contributed by atoms with Crippen LogP contribution < -0.4 is 10.2 Å². The third kappa shape index (κ3) is 3.27. The number of hydrogen-bond acceptors (Lipinski definition) is 3. The Labute approximate surface area is 116 Å². The van der Waals surface area contributed by atoms with E-state index < -0.39 is 0 Å². The van der Waals surface area contributed by atoms with Gasteiger partial charge in [0, 0.05) is 19.6 Å². The molecule has 0 aliphatic carbocycles. The molecule has 19 heavy (non-hydrogen) atoms. The fraction of sp³-hybridized carbons (Fsp3) is 0.562. The molecule has 0 saturated carbocycles. The number of hydrogen-bond donors (Lipinski definition) is 1. The van der Waals surface area contributed by atoms with Crippen molar-refractivity contribution in [3.05, 3.63) is 29.3 Å². The van der Waals surface area contributed by atoms with Crippen molar-refractivity contribution >= 4 is 5.69 Å². The normalized spacial score (nSPS) is 18.6. The fourth-order valence-electron chi connectivity index (χ4n) is 2.71. The van der Waals surface area contributed by atoms with E-state index in [-0.39, 0.29) is 0 Å². The molecule has 0 aromatic heterocycles. The second kappa shape index (κ2) is 6.58. The van der Waals surface area contributed by atoms with E-state index in [4.69, 9.17) is 0 Å². The molecule has 2 rings (SSSR count). The van der Waals surface area contributed by atoms with E-state index in [1.165, 1.54) is 18.4 Å². The molecular weight excluding hydrogens is 234 g/mol. The van der Waals surface area contributed by atoms with Crippen LogP contribution in [0.2, 0.25) is 0 Å². The van der Waals surface area contributed by atoms with E-state index in [2.05, 4.69) is 42.3 Å². The van der Waals surface area contributed by atoms with Crippen LogP contribution in [-0.2, 0) is 6.54 Å². The van der Waals surface area contributed by atoms with Gasteiger partial charge in [-0.05, 0) is 36.6 Å². The molecule has 1 fully saturated rings. The number of rotatable bonds is 5. The molecule has 1 aromatic carbocycles. The van der Waals surface area contributed by atoms with Crippen molar-refractivity contribution in [1.29, 1.82) is 5.26 Å². The van der Waals surface area contributed by atoms with Gasteiger partial charge in [0.05, 0.1) is 11.3 Å². The van der Waals surface area contributed by atoms with Crippen molar-refractivity contribution in [3.63, 3.8) is 0 Å². The molecule has 0 bridgehead atoms.